The van der Waals surface area contributed by atoms with Crippen LogP contribution in [-0.2, 0) is 10.0 Å². The number of aromatic nitrogens is 2. The Kier molecular flexibility index (Phi) is 8.49. The van der Waals surface area contributed by atoms with E-state index in [0.717, 1.165) is 28.8 Å². The SMILES string of the molecule is CCOc1cc(O[C@@H]2CCN(C)C2)ccc1Nc1ncc(I)c(Nc2ccccc2S(=O)(=O)NC)n1. The fraction of sp³-hybridized carbons (Fsp3) is 0.333. The van der Waals surface area contributed by atoms with Gasteiger partial charge in [0.05, 0.1) is 21.6 Å². The average Bonchev–Trinajstić information content (AvgIpc) is 3.27. The molecule has 3 aromatic rings. The van der Waals surface area contributed by atoms with Gasteiger partial charge in [-0.1, -0.05) is 12.1 Å². The lowest BCUT2D eigenvalue weighted by molar-refractivity contribution is 0.207. The van der Waals surface area contributed by atoms with Crippen LogP contribution in [0.5, 0.6) is 11.5 Å². The molecule has 1 aliphatic rings. The molecule has 1 fully saturated rings. The summed E-state index contributed by atoms with van der Waals surface area (Å²) >= 11 is 2.10. The first-order valence-electron chi connectivity index (χ1n) is 11.5. The molecule has 1 aliphatic heterocycles. The molecule has 1 saturated heterocycles. The Morgan fingerprint density at radius 1 is 1.17 bits per heavy atom. The highest BCUT2D eigenvalue weighted by Crippen LogP contribution is 2.33. The zero-order valence-electron chi connectivity index (χ0n) is 20.3. The zero-order chi connectivity index (χ0) is 25.7. The smallest absolute Gasteiger partial charge is 0.242 e. The highest BCUT2D eigenvalue weighted by Gasteiger charge is 2.22. The van der Waals surface area contributed by atoms with E-state index in [2.05, 4.69) is 59.9 Å². The highest BCUT2D eigenvalue weighted by atomic mass is 127. The van der Waals surface area contributed by atoms with Gasteiger partial charge >= 0.3 is 0 Å². The maximum Gasteiger partial charge on any atom is 0.242 e. The quantitative estimate of drug-likeness (QED) is 0.288. The van der Waals surface area contributed by atoms with E-state index in [0.29, 0.717) is 35.5 Å². The number of halogens is 1. The number of nitrogens with zero attached hydrogens (tertiary/aromatic N) is 3. The lowest BCUT2D eigenvalue weighted by Crippen LogP contribution is -2.21. The number of hydrogen-bond acceptors (Lipinski definition) is 9. The van der Waals surface area contributed by atoms with Crippen LogP contribution in [0.1, 0.15) is 13.3 Å². The van der Waals surface area contributed by atoms with Gasteiger partial charge in [0.15, 0.2) is 0 Å². The molecule has 2 aromatic carbocycles. The predicted molar refractivity (Wildman–Crippen MR) is 148 cm³/mol. The number of likely N-dealkylation sites (N-methyl/N-ethyl adjacent to an activating group) is 1. The van der Waals surface area contributed by atoms with Crippen LogP contribution < -0.4 is 24.8 Å². The summed E-state index contributed by atoms with van der Waals surface area (Å²) < 4.78 is 39.9. The second-order valence-corrected chi connectivity index (χ2v) is 11.2. The number of rotatable bonds is 10. The molecule has 1 aromatic heterocycles. The summed E-state index contributed by atoms with van der Waals surface area (Å²) in [4.78, 5) is 11.3. The standard InChI is InChI=1S/C24H29IN6O4S/c1-4-34-21-13-16(35-17-11-12-31(3)15-17)9-10-19(21)29-24-27-14-18(25)23(30-24)28-20-7-5-6-8-22(20)36(32,33)26-2/h5-10,13-14,17,26H,4,11-12,15H2,1-3H3,(H2,27,28,29,30)/t17-/m1/s1. The number of ether oxygens (including phenoxy) is 2. The predicted octanol–water partition coefficient (Wildman–Crippen LogP) is 3.96. The van der Waals surface area contributed by atoms with Gasteiger partial charge in [-0.3, -0.25) is 0 Å². The van der Waals surface area contributed by atoms with Crippen LogP contribution in [0.25, 0.3) is 0 Å². The summed E-state index contributed by atoms with van der Waals surface area (Å²) in [7, 11) is -0.190. The van der Waals surface area contributed by atoms with Crippen molar-refractivity contribution < 1.29 is 17.9 Å². The molecule has 0 aliphatic carbocycles. The Morgan fingerprint density at radius 2 is 1.97 bits per heavy atom. The zero-order valence-corrected chi connectivity index (χ0v) is 23.3. The van der Waals surface area contributed by atoms with E-state index in [1.807, 2.05) is 25.1 Å². The molecule has 192 valence electrons. The number of para-hydroxylation sites is 1. The van der Waals surface area contributed by atoms with Crippen molar-refractivity contribution in [3.8, 4) is 11.5 Å². The van der Waals surface area contributed by atoms with Crippen LogP contribution in [0.15, 0.2) is 53.6 Å². The summed E-state index contributed by atoms with van der Waals surface area (Å²) in [6, 6.07) is 12.3. The van der Waals surface area contributed by atoms with E-state index in [-0.39, 0.29) is 11.0 Å². The first-order chi connectivity index (χ1) is 17.3. The molecule has 0 saturated carbocycles. The first kappa shape index (κ1) is 26.4. The van der Waals surface area contributed by atoms with Gasteiger partial charge in [0, 0.05) is 25.4 Å². The lowest BCUT2D eigenvalue weighted by Gasteiger charge is -2.17. The van der Waals surface area contributed by atoms with Gasteiger partial charge in [-0.25, -0.2) is 18.1 Å². The second-order valence-electron chi connectivity index (χ2n) is 8.23. The Bertz CT molecular complexity index is 1320. The summed E-state index contributed by atoms with van der Waals surface area (Å²) in [5, 5.41) is 6.34. The van der Waals surface area contributed by atoms with Crippen molar-refractivity contribution in [3.63, 3.8) is 0 Å². The van der Waals surface area contributed by atoms with Crippen molar-refractivity contribution in [1.29, 1.82) is 0 Å². The molecule has 0 unspecified atom stereocenters. The Morgan fingerprint density at radius 3 is 2.69 bits per heavy atom. The second kappa shape index (κ2) is 11.6. The van der Waals surface area contributed by atoms with Gasteiger partial charge in [0.2, 0.25) is 16.0 Å². The maximum atomic E-state index is 12.4. The largest absolute Gasteiger partial charge is 0.492 e. The van der Waals surface area contributed by atoms with E-state index >= 15 is 0 Å². The molecule has 36 heavy (non-hydrogen) atoms. The first-order valence-corrected chi connectivity index (χ1v) is 14.1. The van der Waals surface area contributed by atoms with E-state index in [1.54, 1.807) is 24.4 Å². The Hall–Kier alpha value is -2.68. The number of likely N-dealkylation sites (tertiary alicyclic amines) is 1. The van der Waals surface area contributed by atoms with Crippen LogP contribution in [0.2, 0.25) is 0 Å². The van der Waals surface area contributed by atoms with Crippen molar-refractivity contribution in [2.75, 3.05) is 44.4 Å². The minimum Gasteiger partial charge on any atom is -0.492 e. The van der Waals surface area contributed by atoms with Gasteiger partial charge in [-0.15, -0.1) is 0 Å². The minimum absolute atomic E-state index is 0.124. The number of hydrogen-bond donors (Lipinski definition) is 3. The Balaban J connectivity index is 1.57. The monoisotopic (exact) mass is 624 g/mol. The third-order valence-electron chi connectivity index (χ3n) is 5.59. The number of anilines is 4. The average molecular weight is 625 g/mol. The molecule has 2 heterocycles. The number of benzene rings is 2. The highest BCUT2D eigenvalue weighted by molar-refractivity contribution is 14.1. The number of nitrogens with one attached hydrogen (secondary N) is 3. The third kappa shape index (κ3) is 6.35. The summed E-state index contributed by atoms with van der Waals surface area (Å²) in [5.74, 6) is 2.18. The molecule has 0 spiro atoms. The molecule has 0 radical (unpaired) electrons. The van der Waals surface area contributed by atoms with Crippen molar-refractivity contribution in [1.82, 2.24) is 19.6 Å². The van der Waals surface area contributed by atoms with E-state index in [4.69, 9.17) is 9.47 Å². The molecule has 1 atom stereocenters. The fourth-order valence-corrected chi connectivity index (χ4v) is 5.10. The summed E-state index contributed by atoms with van der Waals surface area (Å²) in [6.07, 6.45) is 2.80. The molecular formula is C24H29IN6O4S. The third-order valence-corrected chi connectivity index (χ3v) is 7.85. The van der Waals surface area contributed by atoms with Gasteiger partial charge in [0.25, 0.3) is 0 Å². The van der Waals surface area contributed by atoms with Crippen LogP contribution in [0.3, 0.4) is 0 Å². The van der Waals surface area contributed by atoms with Crippen LogP contribution >= 0.6 is 22.6 Å². The van der Waals surface area contributed by atoms with Gasteiger partial charge in [0.1, 0.15) is 28.3 Å². The van der Waals surface area contributed by atoms with Crippen LogP contribution in [0.4, 0.5) is 23.1 Å². The topological polar surface area (TPSA) is 118 Å². The van der Waals surface area contributed by atoms with E-state index < -0.39 is 10.0 Å². The van der Waals surface area contributed by atoms with Crippen LogP contribution in [0, 0.1) is 3.57 Å². The molecule has 4 rings (SSSR count). The van der Waals surface area contributed by atoms with Gasteiger partial charge in [-0.2, -0.15) is 4.98 Å². The summed E-state index contributed by atoms with van der Waals surface area (Å²) in [5.41, 5.74) is 1.10. The fourth-order valence-electron chi connectivity index (χ4n) is 3.81. The molecule has 0 bridgehead atoms. The van der Waals surface area contributed by atoms with Crippen molar-refractivity contribution in [2.45, 2.75) is 24.3 Å². The molecule has 12 heteroatoms. The maximum absolute atomic E-state index is 12.4. The van der Waals surface area contributed by atoms with Gasteiger partial charge < -0.3 is 25.0 Å². The molecule has 3 N–H and O–H groups in total. The molecule has 0 amide bonds. The summed E-state index contributed by atoms with van der Waals surface area (Å²) in [6.45, 7) is 4.33. The minimum atomic E-state index is -3.65. The van der Waals surface area contributed by atoms with Gasteiger partial charge in [-0.05, 0) is 74.3 Å². The normalized spacial score (nSPS) is 16.1. The number of sulfonamides is 1. The molecule has 10 nitrogen and oxygen atoms in total. The van der Waals surface area contributed by atoms with Crippen molar-refractivity contribution in [3.05, 3.63) is 52.2 Å². The van der Waals surface area contributed by atoms with Crippen LogP contribution in [-0.4, -0.2) is 63.2 Å². The van der Waals surface area contributed by atoms with Crippen molar-refractivity contribution >= 4 is 55.8 Å². The Labute approximate surface area is 225 Å². The molecular weight excluding hydrogens is 595 g/mol. The van der Waals surface area contributed by atoms with E-state index in [1.165, 1.54) is 13.1 Å². The van der Waals surface area contributed by atoms with Crippen molar-refractivity contribution in [2.24, 2.45) is 0 Å². The van der Waals surface area contributed by atoms with E-state index in [9.17, 15) is 8.42 Å². The lowest BCUT2D eigenvalue weighted by atomic mass is 10.2.